The van der Waals surface area contributed by atoms with Crippen LogP contribution in [0.1, 0.15) is 26.7 Å². The first kappa shape index (κ1) is 11.5. The van der Waals surface area contributed by atoms with Crippen molar-refractivity contribution in [2.45, 2.75) is 32.2 Å². The fourth-order valence-electron chi connectivity index (χ4n) is 1.82. The fourth-order valence-corrected chi connectivity index (χ4v) is 1.82. The van der Waals surface area contributed by atoms with Crippen LogP contribution in [-0.2, 0) is 4.79 Å². The molecule has 0 aromatic rings. The number of rotatable bonds is 4. The third-order valence-electron chi connectivity index (χ3n) is 2.87. The molecule has 1 heterocycles. The molecule has 1 fully saturated rings. The number of amides is 1. The molecule has 0 saturated carbocycles. The maximum absolute atomic E-state index is 11.0. The molecule has 1 saturated heterocycles. The molecule has 4 nitrogen and oxygen atoms in total. The van der Waals surface area contributed by atoms with E-state index in [4.69, 9.17) is 5.73 Å². The molecule has 14 heavy (non-hydrogen) atoms. The summed E-state index contributed by atoms with van der Waals surface area (Å²) in [6.45, 7) is 7.38. The van der Waals surface area contributed by atoms with Crippen LogP contribution in [0.15, 0.2) is 0 Å². The zero-order valence-corrected chi connectivity index (χ0v) is 9.18. The van der Waals surface area contributed by atoms with Gasteiger partial charge in [0.15, 0.2) is 0 Å². The topological polar surface area (TPSA) is 58.4 Å². The van der Waals surface area contributed by atoms with Crippen LogP contribution in [-0.4, -0.2) is 42.5 Å². The normalized spacial score (nSPS) is 18.5. The fraction of sp³-hybridized carbons (Fsp3) is 0.900. The van der Waals surface area contributed by atoms with Crippen LogP contribution in [0, 0.1) is 0 Å². The van der Waals surface area contributed by atoms with E-state index in [0.717, 1.165) is 13.1 Å². The molecule has 0 unspecified atom stereocenters. The van der Waals surface area contributed by atoms with Crippen molar-refractivity contribution in [1.29, 1.82) is 0 Å². The molecule has 0 radical (unpaired) electrons. The number of likely N-dealkylation sites (tertiary alicyclic amines) is 1. The van der Waals surface area contributed by atoms with Gasteiger partial charge in [0.25, 0.3) is 0 Å². The number of nitrogens with one attached hydrogen (secondary N) is 1. The lowest BCUT2D eigenvalue weighted by Crippen LogP contribution is -2.51. The molecule has 1 aliphatic heterocycles. The van der Waals surface area contributed by atoms with E-state index >= 15 is 0 Å². The van der Waals surface area contributed by atoms with Gasteiger partial charge in [-0.05, 0) is 39.8 Å². The van der Waals surface area contributed by atoms with Crippen LogP contribution >= 0.6 is 0 Å². The van der Waals surface area contributed by atoms with Crippen molar-refractivity contribution in [3.8, 4) is 0 Å². The Morgan fingerprint density at radius 3 is 2.50 bits per heavy atom. The van der Waals surface area contributed by atoms with Crippen molar-refractivity contribution in [3.63, 3.8) is 0 Å². The van der Waals surface area contributed by atoms with E-state index in [0.29, 0.717) is 6.54 Å². The number of hydrogen-bond donors (Lipinski definition) is 2. The van der Waals surface area contributed by atoms with E-state index in [2.05, 4.69) is 24.1 Å². The molecule has 0 bridgehead atoms. The Bertz CT molecular complexity index is 198. The summed E-state index contributed by atoms with van der Waals surface area (Å²) in [7, 11) is 0. The highest BCUT2D eigenvalue weighted by atomic mass is 16.1. The summed E-state index contributed by atoms with van der Waals surface area (Å²) in [5.74, 6) is -0.0720. The van der Waals surface area contributed by atoms with Crippen LogP contribution in [0.25, 0.3) is 0 Å². The molecule has 3 N–H and O–H groups in total. The van der Waals surface area contributed by atoms with Gasteiger partial charge in [-0.25, -0.2) is 0 Å². The van der Waals surface area contributed by atoms with Crippen LogP contribution in [0.4, 0.5) is 0 Å². The predicted octanol–water partition coefficient (Wildman–Crippen LogP) is -0.0643. The number of hydrogen-bond acceptors (Lipinski definition) is 3. The SMILES string of the molecule is CC(C)(CNC(=O)CN)N1CCCC1. The number of carbonyl (C=O) groups is 1. The second kappa shape index (κ2) is 4.75. The summed E-state index contributed by atoms with van der Waals surface area (Å²) in [6, 6.07) is 0. The molecular formula is C10H21N3O. The number of nitrogens with two attached hydrogens (primary N) is 1. The average Bonchev–Trinajstić information content (AvgIpc) is 2.67. The van der Waals surface area contributed by atoms with Crippen molar-refractivity contribution >= 4 is 5.91 Å². The maximum atomic E-state index is 11.0. The standard InChI is InChI=1S/C10H21N3O/c1-10(2,8-12-9(14)7-11)13-5-3-4-6-13/h3-8,11H2,1-2H3,(H,12,14). The highest BCUT2D eigenvalue weighted by molar-refractivity contribution is 5.77. The summed E-state index contributed by atoms with van der Waals surface area (Å²) in [4.78, 5) is 13.4. The molecule has 1 rings (SSSR count). The van der Waals surface area contributed by atoms with Crippen molar-refractivity contribution in [2.24, 2.45) is 5.73 Å². The minimum absolute atomic E-state index is 0.0569. The first-order valence-electron chi connectivity index (χ1n) is 5.28. The summed E-state index contributed by atoms with van der Waals surface area (Å²) in [6.07, 6.45) is 2.54. The Hall–Kier alpha value is -0.610. The van der Waals surface area contributed by atoms with Gasteiger partial charge in [0, 0.05) is 12.1 Å². The molecule has 0 atom stereocenters. The molecule has 1 aliphatic rings. The predicted molar refractivity (Wildman–Crippen MR) is 57.0 cm³/mol. The van der Waals surface area contributed by atoms with Crippen molar-refractivity contribution in [2.75, 3.05) is 26.2 Å². The Kier molecular flexibility index (Phi) is 3.89. The Balaban J connectivity index is 2.36. The van der Waals surface area contributed by atoms with Crippen molar-refractivity contribution < 1.29 is 4.79 Å². The second-order valence-electron chi connectivity index (χ2n) is 4.49. The largest absolute Gasteiger partial charge is 0.353 e. The van der Waals surface area contributed by atoms with Crippen LogP contribution in [0.2, 0.25) is 0 Å². The van der Waals surface area contributed by atoms with Gasteiger partial charge < -0.3 is 11.1 Å². The minimum atomic E-state index is -0.0720. The summed E-state index contributed by atoms with van der Waals surface area (Å²) in [5.41, 5.74) is 5.29. The van der Waals surface area contributed by atoms with Gasteiger partial charge in [-0.1, -0.05) is 0 Å². The van der Waals surface area contributed by atoms with Crippen molar-refractivity contribution in [1.82, 2.24) is 10.2 Å². The third kappa shape index (κ3) is 2.96. The van der Waals surface area contributed by atoms with Gasteiger partial charge in [-0.15, -0.1) is 0 Å². The van der Waals surface area contributed by atoms with Crippen LogP contribution in [0.3, 0.4) is 0 Å². The van der Waals surface area contributed by atoms with Gasteiger partial charge >= 0.3 is 0 Å². The summed E-state index contributed by atoms with van der Waals surface area (Å²) in [5, 5.41) is 2.84. The second-order valence-corrected chi connectivity index (χ2v) is 4.49. The minimum Gasteiger partial charge on any atom is -0.353 e. The maximum Gasteiger partial charge on any atom is 0.233 e. The molecule has 82 valence electrons. The molecular weight excluding hydrogens is 178 g/mol. The monoisotopic (exact) mass is 199 g/mol. The zero-order chi connectivity index (χ0) is 10.6. The Morgan fingerprint density at radius 1 is 1.43 bits per heavy atom. The Labute approximate surface area is 85.8 Å². The molecule has 4 heteroatoms. The summed E-state index contributed by atoms with van der Waals surface area (Å²) < 4.78 is 0. The lowest BCUT2D eigenvalue weighted by Gasteiger charge is -2.35. The van der Waals surface area contributed by atoms with E-state index in [-0.39, 0.29) is 18.0 Å². The quantitative estimate of drug-likeness (QED) is 0.666. The van der Waals surface area contributed by atoms with E-state index in [1.165, 1.54) is 12.8 Å². The van der Waals surface area contributed by atoms with E-state index in [1.54, 1.807) is 0 Å². The number of nitrogens with zero attached hydrogens (tertiary/aromatic N) is 1. The molecule has 0 aromatic carbocycles. The average molecular weight is 199 g/mol. The van der Waals surface area contributed by atoms with E-state index in [1.807, 2.05) is 0 Å². The lowest BCUT2D eigenvalue weighted by molar-refractivity contribution is -0.120. The van der Waals surface area contributed by atoms with Crippen LogP contribution < -0.4 is 11.1 Å². The van der Waals surface area contributed by atoms with Gasteiger partial charge in [-0.2, -0.15) is 0 Å². The molecule has 0 aliphatic carbocycles. The first-order chi connectivity index (χ1) is 6.56. The van der Waals surface area contributed by atoms with E-state index in [9.17, 15) is 4.79 Å². The molecule has 0 spiro atoms. The third-order valence-corrected chi connectivity index (χ3v) is 2.87. The zero-order valence-electron chi connectivity index (χ0n) is 9.18. The van der Waals surface area contributed by atoms with Gasteiger partial charge in [0.05, 0.1) is 6.54 Å². The highest BCUT2D eigenvalue weighted by Gasteiger charge is 2.28. The first-order valence-corrected chi connectivity index (χ1v) is 5.28. The van der Waals surface area contributed by atoms with Crippen molar-refractivity contribution in [3.05, 3.63) is 0 Å². The molecule has 0 aromatic heterocycles. The van der Waals surface area contributed by atoms with Gasteiger partial charge in [0.2, 0.25) is 5.91 Å². The van der Waals surface area contributed by atoms with Gasteiger partial charge in [-0.3, -0.25) is 9.69 Å². The summed E-state index contributed by atoms with van der Waals surface area (Å²) >= 11 is 0. The van der Waals surface area contributed by atoms with E-state index < -0.39 is 0 Å². The van der Waals surface area contributed by atoms with Crippen LogP contribution in [0.5, 0.6) is 0 Å². The highest BCUT2D eigenvalue weighted by Crippen LogP contribution is 2.19. The number of carbonyl (C=O) groups excluding carboxylic acids is 1. The Morgan fingerprint density at radius 2 is 2.00 bits per heavy atom. The molecule has 1 amide bonds. The lowest BCUT2D eigenvalue weighted by atomic mass is 10.0. The van der Waals surface area contributed by atoms with Gasteiger partial charge in [0.1, 0.15) is 0 Å². The smallest absolute Gasteiger partial charge is 0.233 e.